The highest BCUT2D eigenvalue weighted by molar-refractivity contribution is 7.89. The number of carbonyl (C=O) groups excluding carboxylic acids is 1. The first-order valence-corrected chi connectivity index (χ1v) is 11.0. The molecular formula is C18H29N3O4S. The molecule has 0 unspecified atom stereocenters. The van der Waals surface area contributed by atoms with Crippen LogP contribution in [0.5, 0.6) is 0 Å². The van der Waals surface area contributed by atoms with Crippen molar-refractivity contribution in [1.82, 2.24) is 14.4 Å². The van der Waals surface area contributed by atoms with Crippen LogP contribution in [-0.4, -0.2) is 54.9 Å². The Morgan fingerprint density at radius 1 is 1.12 bits per heavy atom. The first kappa shape index (κ1) is 19.4. The summed E-state index contributed by atoms with van der Waals surface area (Å²) in [6.45, 7) is 3.98. The Morgan fingerprint density at radius 2 is 1.73 bits per heavy atom. The molecule has 1 aliphatic carbocycles. The van der Waals surface area contributed by atoms with E-state index in [-0.39, 0.29) is 16.7 Å². The zero-order valence-corrected chi connectivity index (χ0v) is 16.7. The summed E-state index contributed by atoms with van der Waals surface area (Å²) in [5.41, 5.74) is 0.387. The smallest absolute Gasteiger partial charge is 0.248 e. The summed E-state index contributed by atoms with van der Waals surface area (Å²) in [5.74, 6) is 0.405. The van der Waals surface area contributed by atoms with Crippen molar-refractivity contribution in [2.45, 2.75) is 69.7 Å². The van der Waals surface area contributed by atoms with Gasteiger partial charge in [0.15, 0.2) is 5.76 Å². The molecule has 1 saturated heterocycles. The van der Waals surface area contributed by atoms with E-state index in [2.05, 4.69) is 5.16 Å². The van der Waals surface area contributed by atoms with Gasteiger partial charge in [0.05, 0.1) is 0 Å². The topological polar surface area (TPSA) is 83.7 Å². The average Bonchev–Trinajstić information content (AvgIpc) is 3.00. The molecule has 8 heteroatoms. The van der Waals surface area contributed by atoms with E-state index in [1.165, 1.54) is 23.6 Å². The molecule has 0 radical (unpaired) electrons. The van der Waals surface area contributed by atoms with Gasteiger partial charge in [-0.2, -0.15) is 4.31 Å². The van der Waals surface area contributed by atoms with Crippen LogP contribution in [0, 0.1) is 19.8 Å². The van der Waals surface area contributed by atoms with Crippen molar-refractivity contribution in [2.24, 2.45) is 5.92 Å². The van der Waals surface area contributed by atoms with Crippen LogP contribution in [0.4, 0.5) is 0 Å². The lowest BCUT2D eigenvalue weighted by Crippen LogP contribution is -2.46. The molecule has 0 bridgehead atoms. The summed E-state index contributed by atoms with van der Waals surface area (Å²) in [6, 6.07) is 0.348. The molecule has 0 aromatic carbocycles. The van der Waals surface area contributed by atoms with E-state index >= 15 is 0 Å². The standard InChI is InChI=1S/C18H29N3O4S/c1-13-17(14(2)25-19-13)26(23,24)21-11-9-15(10-12-21)18(22)20(3)16-7-5-4-6-8-16/h15-16H,4-12H2,1-3H3. The predicted octanol–water partition coefficient (Wildman–Crippen LogP) is 2.48. The summed E-state index contributed by atoms with van der Waals surface area (Å²) in [5, 5.41) is 3.75. The summed E-state index contributed by atoms with van der Waals surface area (Å²) in [6.07, 6.45) is 6.95. The molecule has 1 aromatic heterocycles. The average molecular weight is 384 g/mol. The quantitative estimate of drug-likeness (QED) is 0.797. The van der Waals surface area contributed by atoms with Gasteiger partial charge in [0.1, 0.15) is 10.6 Å². The van der Waals surface area contributed by atoms with E-state index in [9.17, 15) is 13.2 Å². The lowest BCUT2D eigenvalue weighted by molar-refractivity contribution is -0.138. The number of amides is 1. The van der Waals surface area contributed by atoms with Gasteiger partial charge in [0.25, 0.3) is 0 Å². The highest BCUT2D eigenvalue weighted by Gasteiger charge is 2.37. The Hall–Kier alpha value is -1.41. The number of hydrogen-bond acceptors (Lipinski definition) is 5. The Balaban J connectivity index is 1.63. The first-order valence-electron chi connectivity index (χ1n) is 9.52. The number of piperidine rings is 1. The second-order valence-electron chi connectivity index (χ2n) is 7.57. The molecule has 2 fully saturated rings. The highest BCUT2D eigenvalue weighted by atomic mass is 32.2. The molecule has 2 heterocycles. The molecule has 1 aromatic rings. The van der Waals surface area contributed by atoms with Gasteiger partial charge in [-0.1, -0.05) is 24.4 Å². The minimum Gasteiger partial charge on any atom is -0.360 e. The molecular weight excluding hydrogens is 354 g/mol. The Kier molecular flexibility index (Phi) is 5.72. The van der Waals surface area contributed by atoms with E-state index < -0.39 is 10.0 Å². The molecule has 1 saturated carbocycles. The largest absolute Gasteiger partial charge is 0.360 e. The molecule has 146 valence electrons. The van der Waals surface area contributed by atoms with Crippen LogP contribution < -0.4 is 0 Å². The van der Waals surface area contributed by atoms with Gasteiger partial charge < -0.3 is 9.42 Å². The van der Waals surface area contributed by atoms with Gasteiger partial charge in [-0.25, -0.2) is 8.42 Å². The van der Waals surface area contributed by atoms with Crippen molar-refractivity contribution >= 4 is 15.9 Å². The zero-order valence-electron chi connectivity index (χ0n) is 15.9. The number of carbonyl (C=O) groups is 1. The fourth-order valence-corrected chi connectivity index (χ4v) is 6.01. The summed E-state index contributed by atoms with van der Waals surface area (Å²) in [4.78, 5) is 14.9. The number of sulfonamides is 1. The van der Waals surface area contributed by atoms with E-state index in [0.717, 1.165) is 12.8 Å². The van der Waals surface area contributed by atoms with E-state index in [1.807, 2.05) is 11.9 Å². The van der Waals surface area contributed by atoms with Crippen LogP contribution in [0.15, 0.2) is 9.42 Å². The molecule has 1 amide bonds. The van der Waals surface area contributed by atoms with Gasteiger partial charge in [0, 0.05) is 32.1 Å². The molecule has 0 N–H and O–H groups in total. The predicted molar refractivity (Wildman–Crippen MR) is 97.1 cm³/mol. The molecule has 0 atom stereocenters. The van der Waals surface area contributed by atoms with Gasteiger partial charge in [-0.05, 0) is 39.5 Å². The Bertz CT molecular complexity index is 725. The van der Waals surface area contributed by atoms with Crippen LogP contribution in [0.2, 0.25) is 0 Å². The molecule has 7 nitrogen and oxygen atoms in total. The van der Waals surface area contributed by atoms with Crippen LogP contribution in [0.25, 0.3) is 0 Å². The Morgan fingerprint density at radius 3 is 2.27 bits per heavy atom. The van der Waals surface area contributed by atoms with Gasteiger partial charge in [-0.15, -0.1) is 0 Å². The summed E-state index contributed by atoms with van der Waals surface area (Å²) < 4.78 is 32.2. The third-order valence-corrected chi connectivity index (χ3v) is 7.98. The SMILES string of the molecule is Cc1noc(C)c1S(=O)(=O)N1CCC(C(=O)N(C)C2CCCCC2)CC1. The van der Waals surface area contributed by atoms with E-state index in [4.69, 9.17) is 4.52 Å². The fraction of sp³-hybridized carbons (Fsp3) is 0.778. The number of aryl methyl sites for hydroxylation is 2. The maximum Gasteiger partial charge on any atom is 0.248 e. The fourth-order valence-electron chi connectivity index (χ4n) is 4.25. The van der Waals surface area contributed by atoms with Gasteiger partial charge >= 0.3 is 0 Å². The third kappa shape index (κ3) is 3.67. The number of nitrogens with zero attached hydrogens (tertiary/aromatic N) is 3. The Labute approximate surface area is 155 Å². The maximum absolute atomic E-state index is 12.9. The summed E-state index contributed by atoms with van der Waals surface area (Å²) in [7, 11) is -1.71. The lowest BCUT2D eigenvalue weighted by atomic mass is 9.91. The van der Waals surface area contributed by atoms with Gasteiger partial charge in [-0.3, -0.25) is 4.79 Å². The van der Waals surface area contributed by atoms with E-state index in [1.54, 1.807) is 13.8 Å². The minimum absolute atomic E-state index is 0.0851. The number of aromatic nitrogens is 1. The van der Waals surface area contributed by atoms with Crippen molar-refractivity contribution in [1.29, 1.82) is 0 Å². The van der Waals surface area contributed by atoms with Crippen molar-refractivity contribution in [3.8, 4) is 0 Å². The van der Waals surface area contributed by atoms with E-state index in [0.29, 0.717) is 43.4 Å². The second kappa shape index (κ2) is 7.68. The van der Waals surface area contributed by atoms with Crippen molar-refractivity contribution in [3.05, 3.63) is 11.5 Å². The zero-order chi connectivity index (χ0) is 18.9. The molecule has 26 heavy (non-hydrogen) atoms. The normalized spacial score (nSPS) is 21.0. The van der Waals surface area contributed by atoms with Crippen LogP contribution in [0.1, 0.15) is 56.4 Å². The minimum atomic E-state index is -3.62. The number of rotatable bonds is 4. The van der Waals surface area contributed by atoms with Crippen molar-refractivity contribution in [2.75, 3.05) is 20.1 Å². The molecule has 0 spiro atoms. The summed E-state index contributed by atoms with van der Waals surface area (Å²) >= 11 is 0. The van der Waals surface area contributed by atoms with Crippen LogP contribution in [-0.2, 0) is 14.8 Å². The second-order valence-corrected chi connectivity index (χ2v) is 9.45. The third-order valence-electron chi connectivity index (χ3n) is 5.84. The molecule has 1 aliphatic heterocycles. The molecule has 3 rings (SSSR count). The number of hydrogen-bond donors (Lipinski definition) is 0. The first-order chi connectivity index (χ1) is 12.3. The highest BCUT2D eigenvalue weighted by Crippen LogP contribution is 2.29. The van der Waals surface area contributed by atoms with Crippen molar-refractivity contribution < 1.29 is 17.7 Å². The lowest BCUT2D eigenvalue weighted by Gasteiger charge is -2.36. The van der Waals surface area contributed by atoms with Crippen LogP contribution >= 0.6 is 0 Å². The van der Waals surface area contributed by atoms with Crippen molar-refractivity contribution in [3.63, 3.8) is 0 Å². The van der Waals surface area contributed by atoms with Crippen LogP contribution in [0.3, 0.4) is 0 Å². The van der Waals surface area contributed by atoms with Gasteiger partial charge in [0.2, 0.25) is 15.9 Å². The molecule has 2 aliphatic rings. The monoisotopic (exact) mass is 383 g/mol. The maximum atomic E-state index is 12.9.